The maximum atomic E-state index is 11.2. The van der Waals surface area contributed by atoms with E-state index in [0.717, 1.165) is 12.5 Å². The van der Waals surface area contributed by atoms with E-state index in [-0.39, 0.29) is 22.5 Å². The van der Waals surface area contributed by atoms with Gasteiger partial charge in [-0.2, -0.15) is 0 Å². The number of pyridine rings is 1. The van der Waals surface area contributed by atoms with Gasteiger partial charge < -0.3 is 4.90 Å². The molecule has 0 spiro atoms. The van der Waals surface area contributed by atoms with E-state index < -0.39 is 14.8 Å². The summed E-state index contributed by atoms with van der Waals surface area (Å²) in [5.74, 6) is 0.252. The average molecular weight is 308 g/mol. The lowest BCUT2D eigenvalue weighted by Gasteiger charge is -2.25. The van der Waals surface area contributed by atoms with Crippen LogP contribution >= 0.6 is 11.6 Å². The lowest BCUT2D eigenvalue weighted by molar-refractivity contribution is -0.385. The number of nitrogens with zero attached hydrogens (tertiary/aromatic N) is 3. The number of hydrogen-bond acceptors (Lipinski definition) is 6. The molecule has 9 heteroatoms. The van der Waals surface area contributed by atoms with Crippen molar-refractivity contribution >= 4 is 32.9 Å². The van der Waals surface area contributed by atoms with Crippen molar-refractivity contribution in [2.24, 2.45) is 0 Å². The van der Waals surface area contributed by atoms with E-state index in [1.54, 1.807) is 18.9 Å². The summed E-state index contributed by atoms with van der Waals surface area (Å²) in [6, 6.07) is 0.842. The Labute approximate surface area is 116 Å². The fourth-order valence-electron chi connectivity index (χ4n) is 1.54. The van der Waals surface area contributed by atoms with Gasteiger partial charge in [-0.05, 0) is 6.92 Å². The maximum absolute atomic E-state index is 11.2. The number of sulfone groups is 1. The van der Waals surface area contributed by atoms with Gasteiger partial charge in [-0.1, -0.05) is 11.6 Å². The van der Waals surface area contributed by atoms with Gasteiger partial charge in [0.2, 0.25) is 0 Å². The predicted molar refractivity (Wildman–Crippen MR) is 73.5 cm³/mol. The molecule has 1 aromatic heterocycles. The quantitative estimate of drug-likeness (QED) is 0.604. The van der Waals surface area contributed by atoms with Crippen LogP contribution in [-0.4, -0.2) is 43.4 Å². The molecule has 0 N–H and O–H groups in total. The molecule has 7 nitrogen and oxygen atoms in total. The van der Waals surface area contributed by atoms with Gasteiger partial charge in [-0.25, -0.2) is 13.4 Å². The van der Waals surface area contributed by atoms with Crippen LogP contribution in [0.15, 0.2) is 12.3 Å². The van der Waals surface area contributed by atoms with Crippen LogP contribution in [0.1, 0.15) is 6.92 Å². The molecule has 0 aliphatic carbocycles. The molecule has 0 fully saturated rings. The summed E-state index contributed by atoms with van der Waals surface area (Å²) in [5.41, 5.74) is -0.210. The zero-order valence-electron chi connectivity index (χ0n) is 10.7. The van der Waals surface area contributed by atoms with Gasteiger partial charge in [-0.15, -0.1) is 0 Å². The van der Waals surface area contributed by atoms with E-state index in [4.69, 9.17) is 11.6 Å². The maximum Gasteiger partial charge on any atom is 0.289 e. The summed E-state index contributed by atoms with van der Waals surface area (Å²) in [7, 11) is -1.50. The Balaban J connectivity index is 3.00. The molecular formula is C10H14ClN3O4S. The van der Waals surface area contributed by atoms with Crippen molar-refractivity contribution in [2.75, 3.05) is 24.0 Å². The molecule has 0 saturated carbocycles. The van der Waals surface area contributed by atoms with Crippen LogP contribution in [0.4, 0.5) is 11.5 Å². The highest BCUT2D eigenvalue weighted by Crippen LogP contribution is 2.27. The largest absolute Gasteiger partial charge is 0.355 e. The van der Waals surface area contributed by atoms with E-state index in [1.807, 2.05) is 0 Å². The molecule has 0 saturated heterocycles. The fraction of sp³-hybridized carbons (Fsp3) is 0.500. The highest BCUT2D eigenvalue weighted by atomic mass is 35.5. The van der Waals surface area contributed by atoms with Gasteiger partial charge in [0.25, 0.3) is 5.69 Å². The minimum atomic E-state index is -3.13. The molecule has 1 unspecified atom stereocenters. The second kappa shape index (κ2) is 5.70. The summed E-state index contributed by atoms with van der Waals surface area (Å²) < 4.78 is 22.5. The minimum Gasteiger partial charge on any atom is -0.355 e. The Hall–Kier alpha value is -1.41. The Morgan fingerprint density at radius 3 is 2.58 bits per heavy atom. The average Bonchev–Trinajstić information content (AvgIpc) is 2.25. The number of hydrogen-bond donors (Lipinski definition) is 0. The van der Waals surface area contributed by atoms with E-state index in [1.165, 1.54) is 6.07 Å². The van der Waals surface area contributed by atoms with Crippen LogP contribution in [0.3, 0.4) is 0 Å². The van der Waals surface area contributed by atoms with Crippen molar-refractivity contribution < 1.29 is 13.3 Å². The zero-order chi connectivity index (χ0) is 14.8. The molecule has 0 radical (unpaired) electrons. The number of halogens is 1. The lowest BCUT2D eigenvalue weighted by Crippen LogP contribution is -2.35. The molecule has 0 aliphatic heterocycles. The molecule has 0 amide bonds. The SMILES string of the molecule is CC(CS(C)(=O)=O)N(C)c1ncc([N+](=O)[O-])cc1Cl. The van der Waals surface area contributed by atoms with Gasteiger partial charge in [0, 0.05) is 25.4 Å². The lowest BCUT2D eigenvalue weighted by atomic mass is 10.3. The van der Waals surface area contributed by atoms with Crippen molar-refractivity contribution in [3.05, 3.63) is 27.4 Å². The second-order valence-electron chi connectivity index (χ2n) is 4.31. The Morgan fingerprint density at radius 1 is 1.58 bits per heavy atom. The third kappa shape index (κ3) is 4.32. The number of anilines is 1. The van der Waals surface area contributed by atoms with Crippen molar-refractivity contribution in [1.29, 1.82) is 0 Å². The van der Waals surface area contributed by atoms with Crippen LogP contribution in [0.5, 0.6) is 0 Å². The second-order valence-corrected chi connectivity index (χ2v) is 6.90. The normalized spacial score (nSPS) is 13.1. The summed E-state index contributed by atoms with van der Waals surface area (Å²) in [5, 5.41) is 10.7. The van der Waals surface area contributed by atoms with Gasteiger partial charge >= 0.3 is 0 Å². The first-order valence-electron chi connectivity index (χ1n) is 5.32. The highest BCUT2D eigenvalue weighted by molar-refractivity contribution is 7.90. The smallest absolute Gasteiger partial charge is 0.289 e. The van der Waals surface area contributed by atoms with Gasteiger partial charge in [0.1, 0.15) is 21.9 Å². The number of nitro groups is 1. The molecule has 1 atom stereocenters. The summed E-state index contributed by atoms with van der Waals surface area (Å²) >= 11 is 5.93. The molecular weight excluding hydrogens is 294 g/mol. The summed E-state index contributed by atoms with van der Waals surface area (Å²) in [6.07, 6.45) is 2.23. The Morgan fingerprint density at radius 2 is 2.16 bits per heavy atom. The monoisotopic (exact) mass is 307 g/mol. The topological polar surface area (TPSA) is 93.4 Å². The highest BCUT2D eigenvalue weighted by Gasteiger charge is 2.20. The van der Waals surface area contributed by atoms with Crippen LogP contribution in [0.2, 0.25) is 5.02 Å². The predicted octanol–water partition coefficient (Wildman–Crippen LogP) is 1.51. The van der Waals surface area contributed by atoms with Crippen molar-refractivity contribution in [3.63, 3.8) is 0 Å². The zero-order valence-corrected chi connectivity index (χ0v) is 12.3. The molecule has 1 aromatic rings. The van der Waals surface area contributed by atoms with Crippen LogP contribution in [0.25, 0.3) is 0 Å². The molecule has 19 heavy (non-hydrogen) atoms. The standard InChI is InChI=1S/C10H14ClN3O4S/c1-7(6-19(3,17)18)13(2)10-9(11)4-8(5-12-10)14(15)16/h4-5,7H,6H2,1-3H3. The molecule has 106 valence electrons. The van der Waals surface area contributed by atoms with E-state index in [2.05, 4.69) is 4.98 Å². The van der Waals surface area contributed by atoms with Gasteiger partial charge in [0.15, 0.2) is 0 Å². The molecule has 0 aliphatic rings. The third-order valence-electron chi connectivity index (χ3n) is 2.56. The van der Waals surface area contributed by atoms with Crippen molar-refractivity contribution in [2.45, 2.75) is 13.0 Å². The van der Waals surface area contributed by atoms with E-state index in [9.17, 15) is 18.5 Å². The fourth-order valence-corrected chi connectivity index (χ4v) is 2.93. The third-order valence-corrected chi connectivity index (χ3v) is 3.92. The van der Waals surface area contributed by atoms with Gasteiger partial charge in [0.05, 0.1) is 15.7 Å². The first kappa shape index (κ1) is 15.6. The van der Waals surface area contributed by atoms with Gasteiger partial charge in [-0.3, -0.25) is 10.1 Å². The molecule has 0 bridgehead atoms. The number of rotatable bonds is 5. The first-order valence-corrected chi connectivity index (χ1v) is 7.76. The van der Waals surface area contributed by atoms with Crippen molar-refractivity contribution in [3.8, 4) is 0 Å². The van der Waals surface area contributed by atoms with E-state index in [0.29, 0.717) is 5.82 Å². The molecule has 1 rings (SSSR count). The molecule has 0 aromatic carbocycles. The van der Waals surface area contributed by atoms with Crippen molar-refractivity contribution in [1.82, 2.24) is 4.98 Å². The Kier molecular flexibility index (Phi) is 4.70. The Bertz CT molecular complexity index is 590. The molecule has 1 heterocycles. The van der Waals surface area contributed by atoms with Crippen LogP contribution < -0.4 is 4.90 Å². The minimum absolute atomic E-state index is 0.0570. The summed E-state index contributed by atoms with van der Waals surface area (Å²) in [4.78, 5) is 15.5. The number of aromatic nitrogens is 1. The van der Waals surface area contributed by atoms with Crippen LogP contribution in [-0.2, 0) is 9.84 Å². The van der Waals surface area contributed by atoms with Crippen LogP contribution in [0, 0.1) is 10.1 Å². The summed E-state index contributed by atoms with van der Waals surface area (Å²) in [6.45, 7) is 1.71. The van der Waals surface area contributed by atoms with E-state index >= 15 is 0 Å². The first-order chi connectivity index (χ1) is 8.61.